The lowest BCUT2D eigenvalue weighted by Gasteiger charge is -2.40. The van der Waals surface area contributed by atoms with Crippen molar-refractivity contribution in [2.45, 2.75) is 44.4 Å². The number of carbonyl (C=O) groups is 3. The molecule has 2 aromatic rings. The molecule has 12 heteroatoms. The molecule has 0 aliphatic carbocycles. The largest absolute Gasteiger partial charge is 0.463 e. The molecule has 2 aliphatic rings. The van der Waals surface area contributed by atoms with Crippen molar-refractivity contribution < 1.29 is 29.2 Å². The average molecular weight is 606 g/mol. The van der Waals surface area contributed by atoms with Gasteiger partial charge in [-0.1, -0.05) is 42.5 Å². The summed E-state index contributed by atoms with van der Waals surface area (Å²) in [6, 6.07) is 15.3. The number of hydrogen-bond acceptors (Lipinski definition) is 9. The summed E-state index contributed by atoms with van der Waals surface area (Å²) in [7, 11) is 0. The molecule has 4 rings (SSSR count). The second-order valence-corrected chi connectivity index (χ2v) is 11.1. The van der Waals surface area contributed by atoms with Gasteiger partial charge in [-0.25, -0.2) is 0 Å². The number of dihydropyridines is 1. The summed E-state index contributed by atoms with van der Waals surface area (Å²) in [6.45, 7) is 5.58. The highest BCUT2D eigenvalue weighted by Crippen LogP contribution is 2.39. The number of piperidine rings is 1. The van der Waals surface area contributed by atoms with E-state index in [0.717, 1.165) is 5.56 Å². The summed E-state index contributed by atoms with van der Waals surface area (Å²) < 4.78 is 5.37. The van der Waals surface area contributed by atoms with Gasteiger partial charge in [0.25, 0.3) is 5.69 Å². The topological polar surface area (TPSA) is 177 Å². The lowest BCUT2D eigenvalue weighted by molar-refractivity contribution is -0.384. The third-order valence-electron chi connectivity index (χ3n) is 8.40. The lowest BCUT2D eigenvalue weighted by Crippen LogP contribution is -2.48. The van der Waals surface area contributed by atoms with Gasteiger partial charge in [-0.2, -0.15) is 0 Å². The van der Waals surface area contributed by atoms with Crippen LogP contribution in [0.3, 0.4) is 0 Å². The number of nitro groups is 1. The SMILES string of the molecule is CC1=C(C(N)=O)C(c2ccc([N+](=O)[O-])cc2)C(C(=O)NCCCN2CCC(C(=O)OCCO)(c3ccccc3)CC2)=C(C)N1. The van der Waals surface area contributed by atoms with Crippen LogP contribution in [-0.2, 0) is 24.5 Å². The van der Waals surface area contributed by atoms with E-state index < -0.39 is 22.2 Å². The van der Waals surface area contributed by atoms with Crippen molar-refractivity contribution in [1.82, 2.24) is 15.5 Å². The maximum absolute atomic E-state index is 13.5. The molecule has 234 valence electrons. The van der Waals surface area contributed by atoms with Gasteiger partial charge < -0.3 is 31.1 Å². The molecule has 12 nitrogen and oxygen atoms in total. The van der Waals surface area contributed by atoms with E-state index in [1.165, 1.54) is 24.3 Å². The summed E-state index contributed by atoms with van der Waals surface area (Å²) in [5.74, 6) is -2.16. The van der Waals surface area contributed by atoms with Crippen LogP contribution in [-0.4, -0.2) is 72.1 Å². The van der Waals surface area contributed by atoms with Gasteiger partial charge in [-0.3, -0.25) is 24.5 Å². The number of nitrogens with two attached hydrogens (primary N) is 1. The molecule has 5 N–H and O–H groups in total. The number of aliphatic hydroxyl groups is 1. The Labute approximate surface area is 256 Å². The van der Waals surface area contributed by atoms with E-state index in [0.29, 0.717) is 68.0 Å². The van der Waals surface area contributed by atoms with Crippen LogP contribution in [0.4, 0.5) is 5.69 Å². The Morgan fingerprint density at radius 1 is 1.07 bits per heavy atom. The van der Waals surface area contributed by atoms with Crippen molar-refractivity contribution in [1.29, 1.82) is 0 Å². The molecule has 0 saturated carbocycles. The number of aliphatic hydroxyl groups excluding tert-OH is 1. The quantitative estimate of drug-likeness (QED) is 0.122. The van der Waals surface area contributed by atoms with Crippen molar-refractivity contribution in [2.24, 2.45) is 5.73 Å². The highest BCUT2D eigenvalue weighted by molar-refractivity contribution is 6.03. The number of benzene rings is 2. The molecule has 1 fully saturated rings. The van der Waals surface area contributed by atoms with Crippen LogP contribution in [0.25, 0.3) is 0 Å². The predicted molar refractivity (Wildman–Crippen MR) is 163 cm³/mol. The second-order valence-electron chi connectivity index (χ2n) is 11.1. The molecule has 0 radical (unpaired) electrons. The fraction of sp³-hybridized carbons (Fsp3) is 0.406. The van der Waals surface area contributed by atoms with E-state index in [9.17, 15) is 24.5 Å². The number of non-ortho nitro benzene ring substituents is 1. The normalized spacial score (nSPS) is 18.4. The van der Waals surface area contributed by atoms with E-state index >= 15 is 0 Å². The number of ether oxygens (including phenoxy) is 1. The van der Waals surface area contributed by atoms with E-state index in [4.69, 9.17) is 15.6 Å². The number of nitro benzene ring substituents is 1. The second kappa shape index (κ2) is 14.3. The number of esters is 1. The Balaban J connectivity index is 1.39. The van der Waals surface area contributed by atoms with Crippen LogP contribution in [0, 0.1) is 10.1 Å². The minimum absolute atomic E-state index is 0.0381. The summed E-state index contributed by atoms with van der Waals surface area (Å²) in [5, 5.41) is 26.4. The molecule has 2 aliphatic heterocycles. The van der Waals surface area contributed by atoms with Gasteiger partial charge in [0.15, 0.2) is 0 Å². The zero-order valence-corrected chi connectivity index (χ0v) is 25.0. The summed E-state index contributed by atoms with van der Waals surface area (Å²) in [5.41, 5.74) is 7.94. The Hall–Kier alpha value is -4.55. The van der Waals surface area contributed by atoms with Crippen molar-refractivity contribution in [3.8, 4) is 0 Å². The summed E-state index contributed by atoms with van der Waals surface area (Å²) in [4.78, 5) is 52.0. The smallest absolute Gasteiger partial charge is 0.316 e. The van der Waals surface area contributed by atoms with E-state index in [-0.39, 0.29) is 36.4 Å². The number of hydrogen-bond donors (Lipinski definition) is 4. The third-order valence-corrected chi connectivity index (χ3v) is 8.40. The van der Waals surface area contributed by atoms with E-state index in [1.807, 2.05) is 30.3 Å². The van der Waals surface area contributed by atoms with Crippen molar-refractivity contribution >= 4 is 23.5 Å². The first-order valence-electron chi connectivity index (χ1n) is 14.7. The average Bonchev–Trinajstić information content (AvgIpc) is 3.02. The molecule has 1 saturated heterocycles. The number of carbonyl (C=O) groups excluding carboxylic acids is 3. The monoisotopic (exact) mass is 605 g/mol. The number of rotatable bonds is 12. The molecule has 0 bridgehead atoms. The molecular weight excluding hydrogens is 566 g/mol. The molecule has 2 amide bonds. The molecular formula is C32H39N5O7. The fourth-order valence-corrected chi connectivity index (χ4v) is 6.15. The van der Waals surface area contributed by atoms with Crippen LogP contribution in [0.1, 0.15) is 50.2 Å². The highest BCUT2D eigenvalue weighted by atomic mass is 16.6. The number of amides is 2. The number of allylic oxidation sites excluding steroid dienone is 2. The van der Waals surface area contributed by atoms with E-state index in [1.54, 1.807) is 13.8 Å². The molecule has 0 spiro atoms. The zero-order chi connectivity index (χ0) is 31.9. The van der Waals surface area contributed by atoms with Gasteiger partial charge in [0.05, 0.1) is 16.9 Å². The highest BCUT2D eigenvalue weighted by Gasteiger charge is 2.44. The number of nitrogens with one attached hydrogen (secondary N) is 2. The van der Waals surface area contributed by atoms with Gasteiger partial charge in [-0.15, -0.1) is 0 Å². The van der Waals surface area contributed by atoms with Gasteiger partial charge >= 0.3 is 5.97 Å². The Bertz CT molecular complexity index is 1450. The molecule has 1 atom stereocenters. The first-order valence-corrected chi connectivity index (χ1v) is 14.7. The minimum atomic E-state index is -0.784. The molecule has 44 heavy (non-hydrogen) atoms. The van der Waals surface area contributed by atoms with Crippen LogP contribution >= 0.6 is 0 Å². The maximum atomic E-state index is 13.5. The van der Waals surface area contributed by atoms with Crippen molar-refractivity contribution in [3.05, 3.63) is 98.4 Å². The first-order chi connectivity index (χ1) is 21.1. The molecule has 2 heterocycles. The molecule has 0 aromatic heterocycles. The number of nitrogens with zero attached hydrogens (tertiary/aromatic N) is 2. The van der Waals surface area contributed by atoms with Crippen LogP contribution in [0.2, 0.25) is 0 Å². The van der Waals surface area contributed by atoms with Crippen molar-refractivity contribution in [3.63, 3.8) is 0 Å². The lowest BCUT2D eigenvalue weighted by atomic mass is 9.72. The predicted octanol–water partition coefficient (Wildman–Crippen LogP) is 2.39. The molecule has 1 unspecified atom stereocenters. The van der Waals surface area contributed by atoms with Gasteiger partial charge in [0, 0.05) is 47.1 Å². The Morgan fingerprint density at radius 2 is 1.70 bits per heavy atom. The third kappa shape index (κ3) is 6.98. The maximum Gasteiger partial charge on any atom is 0.316 e. The Morgan fingerprint density at radius 3 is 2.30 bits per heavy atom. The van der Waals surface area contributed by atoms with Gasteiger partial charge in [0.1, 0.15) is 6.61 Å². The summed E-state index contributed by atoms with van der Waals surface area (Å²) >= 11 is 0. The summed E-state index contributed by atoms with van der Waals surface area (Å²) in [6.07, 6.45) is 1.80. The minimum Gasteiger partial charge on any atom is -0.463 e. The van der Waals surface area contributed by atoms with Crippen LogP contribution in [0.5, 0.6) is 0 Å². The Kier molecular flexibility index (Phi) is 10.5. The van der Waals surface area contributed by atoms with Crippen LogP contribution in [0.15, 0.2) is 77.1 Å². The zero-order valence-electron chi connectivity index (χ0n) is 25.0. The van der Waals surface area contributed by atoms with Gasteiger partial charge in [0.2, 0.25) is 11.8 Å². The standard InChI is InChI=1S/C32H39N5O7/c1-21-26(29(33)39)28(23-9-11-25(12-10-23)37(42)43)27(22(2)35-21)30(40)34-15-6-16-36-17-13-32(14-18-36,31(41)44-20-19-38)24-7-4-3-5-8-24/h3-5,7-12,28,35,38H,6,13-20H2,1-2H3,(H2,33,39)(H,34,40). The van der Waals surface area contributed by atoms with Gasteiger partial charge in [-0.05, 0) is 63.9 Å². The number of likely N-dealkylation sites (tertiary alicyclic amines) is 1. The van der Waals surface area contributed by atoms with Crippen LogP contribution < -0.4 is 16.4 Å². The van der Waals surface area contributed by atoms with Crippen molar-refractivity contribution in [2.75, 3.05) is 39.4 Å². The number of primary amides is 1. The first kappa shape index (κ1) is 32.4. The fourth-order valence-electron chi connectivity index (χ4n) is 6.15. The van der Waals surface area contributed by atoms with E-state index in [2.05, 4.69) is 15.5 Å². The molecule has 2 aromatic carbocycles.